The molecule has 1 fully saturated rings. The van der Waals surface area contributed by atoms with E-state index < -0.39 is 24.0 Å². The molecule has 3 aliphatic rings. The van der Waals surface area contributed by atoms with Gasteiger partial charge in [0.25, 0.3) is 5.91 Å². The third kappa shape index (κ3) is 1.41. The third-order valence-corrected chi connectivity index (χ3v) is 6.20. The zero-order valence-electron chi connectivity index (χ0n) is 10.5. The first kappa shape index (κ1) is 13.6. The summed E-state index contributed by atoms with van der Waals surface area (Å²) >= 11 is 6.78. The molecule has 4 atom stereocenters. The van der Waals surface area contributed by atoms with Crippen LogP contribution in [0.5, 0.6) is 0 Å². The number of halogens is 2. The Balaban J connectivity index is 2.01. The summed E-state index contributed by atoms with van der Waals surface area (Å²) in [6, 6.07) is 1.68. The quantitative estimate of drug-likeness (QED) is 0.443. The van der Waals surface area contributed by atoms with Gasteiger partial charge in [-0.15, -0.1) is 0 Å². The van der Waals surface area contributed by atoms with Crippen LogP contribution < -0.4 is 11.1 Å². The number of fused-ring (bicyclic) bond motifs is 2. The highest BCUT2D eigenvalue weighted by Gasteiger charge is 2.66. The molecule has 5 N–H and O–H groups in total. The molecule has 0 aliphatic carbocycles. The summed E-state index contributed by atoms with van der Waals surface area (Å²) in [6.45, 7) is 0.0206. The fraction of sp³-hybridized carbons (Fsp3) is 0.455. The van der Waals surface area contributed by atoms with Crippen LogP contribution in [0, 0.1) is 0 Å². The van der Waals surface area contributed by atoms with Crippen molar-refractivity contribution < 1.29 is 15.0 Å². The Kier molecular flexibility index (Phi) is 2.58. The Hall–Kier alpha value is -1.10. The predicted octanol–water partition coefficient (Wildman–Crippen LogP) is -0.683. The van der Waals surface area contributed by atoms with Crippen molar-refractivity contribution in [2.45, 2.75) is 24.0 Å². The number of aliphatic imine (C=N–C) groups is 1. The summed E-state index contributed by atoms with van der Waals surface area (Å²) < 4.78 is 3.00. The fourth-order valence-corrected chi connectivity index (χ4v) is 4.28. The Labute approximate surface area is 135 Å². The molecule has 4 unspecified atom stereocenters. The molecule has 3 aliphatic heterocycles. The highest BCUT2D eigenvalue weighted by atomic mass is 79.9. The normalized spacial score (nSPS) is 37.0. The van der Waals surface area contributed by atoms with Crippen LogP contribution in [0.15, 0.2) is 20.1 Å². The smallest absolute Gasteiger partial charge is 0.272 e. The number of carbonyl (C=O) groups excluding carboxylic acids is 1. The lowest BCUT2D eigenvalue weighted by molar-refractivity contribution is -0.0401. The minimum absolute atomic E-state index is 0.0206. The molecular weight excluding hydrogens is 410 g/mol. The molecule has 1 spiro atoms. The van der Waals surface area contributed by atoms with Crippen LogP contribution in [0.1, 0.15) is 16.7 Å². The molecular formula is C11H11Br2N5O3. The van der Waals surface area contributed by atoms with Gasteiger partial charge in [-0.2, -0.15) is 0 Å². The monoisotopic (exact) mass is 419 g/mol. The third-order valence-electron chi connectivity index (χ3n) is 4.26. The van der Waals surface area contributed by atoms with Crippen LogP contribution in [0.25, 0.3) is 0 Å². The molecule has 112 valence electrons. The fourth-order valence-electron chi connectivity index (χ4n) is 3.37. The molecule has 1 aromatic heterocycles. The maximum absolute atomic E-state index is 12.7. The number of aromatic nitrogens is 1. The van der Waals surface area contributed by atoms with Gasteiger partial charge in [0.1, 0.15) is 22.5 Å². The highest BCUT2D eigenvalue weighted by Crippen LogP contribution is 2.48. The molecule has 4 rings (SSSR count). The van der Waals surface area contributed by atoms with Crippen molar-refractivity contribution >= 4 is 43.7 Å². The Morgan fingerprint density at radius 1 is 1.48 bits per heavy atom. The number of carbonyl (C=O) groups is 1. The lowest BCUT2D eigenvalue weighted by atomic mass is 9.97. The summed E-state index contributed by atoms with van der Waals surface area (Å²) in [4.78, 5) is 18.4. The number of nitrogens with two attached hydrogens (primary N) is 1. The van der Waals surface area contributed by atoms with E-state index in [-0.39, 0.29) is 18.4 Å². The van der Waals surface area contributed by atoms with Gasteiger partial charge in [-0.25, -0.2) is 4.99 Å². The van der Waals surface area contributed by atoms with Crippen LogP contribution in [0.2, 0.25) is 0 Å². The van der Waals surface area contributed by atoms with E-state index in [0.29, 0.717) is 14.8 Å². The van der Waals surface area contributed by atoms with Gasteiger partial charge in [0.05, 0.1) is 11.0 Å². The number of nitrogens with zero attached hydrogens (tertiary/aromatic N) is 3. The molecule has 1 saturated heterocycles. The number of nitrogens with one attached hydrogen (secondary N) is 1. The summed E-state index contributed by atoms with van der Waals surface area (Å²) in [7, 11) is 0. The minimum Gasteiger partial charge on any atom is -0.388 e. The zero-order chi connectivity index (χ0) is 15.1. The first-order valence-electron chi connectivity index (χ1n) is 6.23. The first-order valence-corrected chi connectivity index (χ1v) is 7.82. The SMILES string of the molecule is NC1=NC2n3c(cc(Br)c3Br)C(=O)N3CC(O)C(O)C23N1. The molecule has 0 saturated carbocycles. The van der Waals surface area contributed by atoms with Gasteiger partial charge < -0.3 is 30.7 Å². The van der Waals surface area contributed by atoms with Gasteiger partial charge in [-0.05, 0) is 37.9 Å². The number of hydrogen-bond donors (Lipinski definition) is 4. The van der Waals surface area contributed by atoms with Gasteiger partial charge in [0, 0.05) is 0 Å². The molecule has 0 bridgehead atoms. The van der Waals surface area contributed by atoms with Crippen molar-refractivity contribution in [3.8, 4) is 0 Å². The summed E-state index contributed by atoms with van der Waals surface area (Å²) in [5, 5.41) is 23.3. The van der Waals surface area contributed by atoms with Crippen LogP contribution in [0.3, 0.4) is 0 Å². The number of aliphatic hydroxyl groups is 2. The maximum Gasteiger partial charge on any atom is 0.272 e. The molecule has 0 aromatic carbocycles. The minimum atomic E-state index is -1.26. The lowest BCUT2D eigenvalue weighted by Crippen LogP contribution is -2.68. The summed E-state index contributed by atoms with van der Waals surface area (Å²) in [5.41, 5.74) is 4.94. The number of rotatable bonds is 0. The number of guanidine groups is 1. The van der Waals surface area contributed by atoms with Crippen LogP contribution >= 0.6 is 31.9 Å². The standard InChI is InChI=1S/C11H11Br2N5O3/c12-3-1-4-8(21)17-2-5(19)6(20)11(17)9(15-10(14)16-11)18(4)7(3)13/h1,5-6,9,19-20H,2H2,(H3,14,15,16). The van der Waals surface area contributed by atoms with E-state index in [1.54, 1.807) is 10.6 Å². The van der Waals surface area contributed by atoms with E-state index in [1.807, 2.05) is 0 Å². The average molecular weight is 421 g/mol. The second kappa shape index (κ2) is 4.00. The second-order valence-electron chi connectivity index (χ2n) is 5.30. The number of amides is 1. The van der Waals surface area contributed by atoms with Gasteiger partial charge in [0.15, 0.2) is 17.8 Å². The molecule has 1 aromatic rings. The molecule has 10 heteroatoms. The lowest BCUT2D eigenvalue weighted by Gasteiger charge is -2.44. The van der Waals surface area contributed by atoms with Gasteiger partial charge >= 0.3 is 0 Å². The maximum atomic E-state index is 12.7. The summed E-state index contributed by atoms with van der Waals surface area (Å²) in [5.74, 6) is -0.179. The van der Waals surface area contributed by atoms with E-state index in [4.69, 9.17) is 5.73 Å². The molecule has 21 heavy (non-hydrogen) atoms. The van der Waals surface area contributed by atoms with Crippen molar-refractivity contribution in [2.24, 2.45) is 10.7 Å². The molecule has 0 radical (unpaired) electrons. The zero-order valence-corrected chi connectivity index (χ0v) is 13.7. The number of hydrogen-bond acceptors (Lipinski definition) is 6. The molecule has 8 nitrogen and oxygen atoms in total. The van der Waals surface area contributed by atoms with Crippen molar-refractivity contribution in [2.75, 3.05) is 6.54 Å². The largest absolute Gasteiger partial charge is 0.388 e. The van der Waals surface area contributed by atoms with E-state index in [9.17, 15) is 15.0 Å². The van der Waals surface area contributed by atoms with Crippen LogP contribution in [-0.4, -0.2) is 56.0 Å². The highest BCUT2D eigenvalue weighted by molar-refractivity contribution is 9.13. The van der Waals surface area contributed by atoms with Crippen LogP contribution in [0.4, 0.5) is 0 Å². The number of aliphatic hydroxyl groups excluding tert-OH is 2. The first-order chi connectivity index (χ1) is 9.87. The van der Waals surface area contributed by atoms with E-state index in [2.05, 4.69) is 42.2 Å². The van der Waals surface area contributed by atoms with E-state index >= 15 is 0 Å². The van der Waals surface area contributed by atoms with Crippen molar-refractivity contribution in [1.82, 2.24) is 14.8 Å². The van der Waals surface area contributed by atoms with Crippen molar-refractivity contribution in [1.29, 1.82) is 0 Å². The van der Waals surface area contributed by atoms with Gasteiger partial charge in [-0.1, -0.05) is 0 Å². The second-order valence-corrected chi connectivity index (χ2v) is 6.91. The molecule has 1 amide bonds. The Bertz CT molecular complexity index is 704. The van der Waals surface area contributed by atoms with Gasteiger partial charge in [-0.3, -0.25) is 4.79 Å². The van der Waals surface area contributed by atoms with Crippen molar-refractivity contribution in [3.63, 3.8) is 0 Å². The topological polar surface area (TPSA) is 116 Å². The predicted molar refractivity (Wildman–Crippen MR) is 79.4 cm³/mol. The van der Waals surface area contributed by atoms with Gasteiger partial charge in [0.2, 0.25) is 0 Å². The van der Waals surface area contributed by atoms with E-state index in [1.165, 1.54) is 4.90 Å². The van der Waals surface area contributed by atoms with Crippen molar-refractivity contribution in [3.05, 3.63) is 20.8 Å². The van der Waals surface area contributed by atoms with E-state index in [0.717, 1.165) is 0 Å². The average Bonchev–Trinajstić information content (AvgIpc) is 3.00. The molecule has 4 heterocycles. The Morgan fingerprint density at radius 2 is 2.19 bits per heavy atom. The summed E-state index contributed by atoms with van der Waals surface area (Å²) in [6.07, 6.45) is -2.91. The van der Waals surface area contributed by atoms with Crippen LogP contribution in [-0.2, 0) is 0 Å². The Morgan fingerprint density at radius 3 is 2.90 bits per heavy atom.